The molecule has 0 aromatic heterocycles. The Morgan fingerprint density at radius 3 is 2.39 bits per heavy atom. The van der Waals surface area contributed by atoms with Crippen LogP contribution in [0.25, 0.3) is 0 Å². The summed E-state index contributed by atoms with van der Waals surface area (Å²) in [6.07, 6.45) is 0. The minimum Gasteiger partial charge on any atom is -0.370 e. The lowest BCUT2D eigenvalue weighted by Crippen LogP contribution is -2.37. The molecule has 0 heterocycles. The number of hydrogen-bond donors (Lipinski definition) is 3. The zero-order valence-corrected chi connectivity index (χ0v) is 13.6. The molecule has 0 unspecified atom stereocenters. The van der Waals surface area contributed by atoms with Crippen LogP contribution in [0.2, 0.25) is 0 Å². The van der Waals surface area contributed by atoms with E-state index in [4.69, 9.17) is 5.73 Å². The van der Waals surface area contributed by atoms with Crippen molar-refractivity contribution < 1.29 is 0 Å². The van der Waals surface area contributed by atoms with Crippen LogP contribution in [0.3, 0.4) is 0 Å². The Labute approximate surface area is 126 Å². The topological polar surface area (TPSA) is 62.4 Å². The van der Waals surface area contributed by atoms with E-state index in [9.17, 15) is 0 Å². The Morgan fingerprint density at radius 2 is 1.83 bits per heavy atom. The second-order valence-corrected chi connectivity index (χ2v) is 4.93. The van der Waals surface area contributed by atoms with Gasteiger partial charge in [0.1, 0.15) is 0 Å². The lowest BCUT2D eigenvalue weighted by molar-refractivity contribution is 0.433. The van der Waals surface area contributed by atoms with Gasteiger partial charge in [-0.1, -0.05) is 18.2 Å². The van der Waals surface area contributed by atoms with Gasteiger partial charge in [-0.2, -0.15) is 0 Å². The molecule has 1 aromatic rings. The van der Waals surface area contributed by atoms with Gasteiger partial charge in [-0.25, -0.2) is 0 Å². The fraction of sp³-hybridized carbons (Fsp3) is 0.462. The lowest BCUT2D eigenvalue weighted by Gasteiger charge is -2.19. The molecule has 1 rings (SSSR count). The van der Waals surface area contributed by atoms with Crippen molar-refractivity contribution in [2.45, 2.75) is 26.3 Å². The van der Waals surface area contributed by atoms with Gasteiger partial charge in [0.2, 0.25) is 0 Å². The number of anilines is 1. The van der Waals surface area contributed by atoms with E-state index in [1.54, 1.807) is 0 Å². The van der Waals surface area contributed by atoms with Crippen LogP contribution in [0.4, 0.5) is 5.69 Å². The van der Waals surface area contributed by atoms with Crippen molar-refractivity contribution in [2.24, 2.45) is 10.7 Å². The van der Waals surface area contributed by atoms with Crippen LogP contribution in [-0.4, -0.2) is 24.6 Å². The average molecular weight is 362 g/mol. The van der Waals surface area contributed by atoms with Crippen LogP contribution in [0.5, 0.6) is 0 Å². The summed E-state index contributed by atoms with van der Waals surface area (Å²) in [7, 11) is 0. The lowest BCUT2D eigenvalue weighted by atomic mass is 10.1. The maximum atomic E-state index is 5.77. The van der Waals surface area contributed by atoms with Gasteiger partial charge in [-0.05, 0) is 32.9 Å². The van der Waals surface area contributed by atoms with Crippen molar-refractivity contribution in [3.63, 3.8) is 0 Å². The maximum absolute atomic E-state index is 5.77. The molecule has 18 heavy (non-hydrogen) atoms. The second kappa shape index (κ2) is 8.31. The summed E-state index contributed by atoms with van der Waals surface area (Å²) in [6, 6.07) is 9.78. The highest BCUT2D eigenvalue weighted by atomic mass is 127. The summed E-state index contributed by atoms with van der Waals surface area (Å²) < 4.78 is 0. The van der Waals surface area contributed by atoms with Crippen molar-refractivity contribution in [3.05, 3.63) is 30.3 Å². The third kappa shape index (κ3) is 8.30. The smallest absolute Gasteiger partial charge is 0.193 e. The first-order valence-corrected chi connectivity index (χ1v) is 5.84. The van der Waals surface area contributed by atoms with E-state index in [2.05, 4.69) is 36.4 Å². The largest absolute Gasteiger partial charge is 0.370 e. The normalized spacial score (nSPS) is 11.8. The van der Waals surface area contributed by atoms with Crippen LogP contribution >= 0.6 is 24.0 Å². The number of guanidine groups is 1. The fourth-order valence-corrected chi connectivity index (χ4v) is 1.32. The molecule has 0 spiro atoms. The van der Waals surface area contributed by atoms with E-state index >= 15 is 0 Å². The molecule has 4 nitrogen and oxygen atoms in total. The minimum absolute atomic E-state index is 0. The molecule has 1 aromatic carbocycles. The third-order valence-electron chi connectivity index (χ3n) is 2.10. The highest BCUT2D eigenvalue weighted by molar-refractivity contribution is 14.0. The van der Waals surface area contributed by atoms with Gasteiger partial charge in [0.05, 0.1) is 6.54 Å². The van der Waals surface area contributed by atoms with Crippen LogP contribution in [0.15, 0.2) is 35.3 Å². The number of aliphatic imine (C=N–C) groups is 1. The number of hydrogen-bond acceptors (Lipinski definition) is 2. The standard InChI is InChI=1S/C13H22N4.HI/c1-13(2,3)16-10-9-15-12(14)17-11-7-5-4-6-8-11;/h4-8,16H,9-10H2,1-3H3,(H3,14,15,17);1H. The zero-order valence-electron chi connectivity index (χ0n) is 11.2. The van der Waals surface area contributed by atoms with Gasteiger partial charge in [0, 0.05) is 17.8 Å². The molecule has 0 aliphatic heterocycles. The Bertz CT molecular complexity index is 357. The van der Waals surface area contributed by atoms with Gasteiger partial charge < -0.3 is 16.4 Å². The van der Waals surface area contributed by atoms with E-state index in [0.717, 1.165) is 12.2 Å². The van der Waals surface area contributed by atoms with Gasteiger partial charge >= 0.3 is 0 Å². The van der Waals surface area contributed by atoms with Gasteiger partial charge in [-0.3, -0.25) is 4.99 Å². The molecule has 0 bridgehead atoms. The van der Waals surface area contributed by atoms with Crippen LogP contribution < -0.4 is 16.4 Å². The number of rotatable bonds is 4. The van der Waals surface area contributed by atoms with Crippen molar-refractivity contribution in [2.75, 3.05) is 18.4 Å². The molecule has 0 fully saturated rings. The van der Waals surface area contributed by atoms with Crippen molar-refractivity contribution in [1.29, 1.82) is 0 Å². The molecular formula is C13H23IN4. The molecule has 0 aliphatic rings. The summed E-state index contributed by atoms with van der Waals surface area (Å²) >= 11 is 0. The molecule has 0 saturated carbocycles. The third-order valence-corrected chi connectivity index (χ3v) is 2.10. The molecule has 0 saturated heterocycles. The molecule has 4 N–H and O–H groups in total. The first-order chi connectivity index (χ1) is 7.97. The first kappa shape index (κ1) is 17.2. The number of para-hydroxylation sites is 1. The first-order valence-electron chi connectivity index (χ1n) is 5.84. The number of benzene rings is 1. The summed E-state index contributed by atoms with van der Waals surface area (Å²) in [5, 5.41) is 6.39. The Balaban J connectivity index is 0.00000289. The molecular weight excluding hydrogens is 339 g/mol. The molecule has 0 atom stereocenters. The fourth-order valence-electron chi connectivity index (χ4n) is 1.32. The summed E-state index contributed by atoms with van der Waals surface area (Å²) in [4.78, 5) is 4.24. The van der Waals surface area contributed by atoms with Crippen molar-refractivity contribution >= 4 is 35.6 Å². The summed E-state index contributed by atoms with van der Waals surface area (Å²) in [5.74, 6) is 0.451. The average Bonchev–Trinajstić information content (AvgIpc) is 2.25. The number of halogens is 1. The molecule has 0 amide bonds. The van der Waals surface area contributed by atoms with Crippen molar-refractivity contribution in [3.8, 4) is 0 Å². The van der Waals surface area contributed by atoms with Gasteiger partial charge in [-0.15, -0.1) is 24.0 Å². The molecule has 5 heteroatoms. The van der Waals surface area contributed by atoms with Crippen LogP contribution in [0.1, 0.15) is 20.8 Å². The number of nitrogens with two attached hydrogens (primary N) is 1. The molecule has 0 aliphatic carbocycles. The van der Waals surface area contributed by atoms with Gasteiger partial charge in [0.25, 0.3) is 0 Å². The zero-order chi connectivity index (χ0) is 12.7. The Kier molecular flexibility index (Phi) is 7.93. The molecule has 0 radical (unpaired) electrons. The van der Waals surface area contributed by atoms with E-state index in [-0.39, 0.29) is 29.5 Å². The molecule has 102 valence electrons. The second-order valence-electron chi connectivity index (χ2n) is 4.93. The van der Waals surface area contributed by atoms with E-state index in [0.29, 0.717) is 12.5 Å². The number of nitrogens with zero attached hydrogens (tertiary/aromatic N) is 1. The predicted molar refractivity (Wildman–Crippen MR) is 89.7 cm³/mol. The maximum Gasteiger partial charge on any atom is 0.193 e. The summed E-state index contributed by atoms with van der Waals surface area (Å²) in [6.45, 7) is 7.87. The summed E-state index contributed by atoms with van der Waals surface area (Å²) in [5.41, 5.74) is 6.84. The van der Waals surface area contributed by atoms with Crippen LogP contribution in [0, 0.1) is 0 Å². The SMILES string of the molecule is CC(C)(C)NCCN=C(N)Nc1ccccc1.I. The van der Waals surface area contributed by atoms with Crippen LogP contribution in [-0.2, 0) is 0 Å². The Morgan fingerprint density at radius 1 is 1.22 bits per heavy atom. The monoisotopic (exact) mass is 362 g/mol. The quantitative estimate of drug-likeness (QED) is 0.334. The van der Waals surface area contributed by atoms with E-state index < -0.39 is 0 Å². The van der Waals surface area contributed by atoms with E-state index in [1.807, 2.05) is 30.3 Å². The highest BCUT2D eigenvalue weighted by Crippen LogP contribution is 2.03. The van der Waals surface area contributed by atoms with Crippen molar-refractivity contribution in [1.82, 2.24) is 5.32 Å². The highest BCUT2D eigenvalue weighted by Gasteiger charge is 2.06. The number of nitrogens with one attached hydrogen (secondary N) is 2. The predicted octanol–water partition coefficient (Wildman–Crippen LogP) is 2.42. The van der Waals surface area contributed by atoms with Gasteiger partial charge in [0.15, 0.2) is 5.96 Å². The van der Waals surface area contributed by atoms with E-state index in [1.165, 1.54) is 0 Å². The minimum atomic E-state index is 0. The Hall–Kier alpha value is -0.820.